The van der Waals surface area contributed by atoms with Crippen LogP contribution in [0.4, 0.5) is 8.78 Å². The van der Waals surface area contributed by atoms with Crippen molar-refractivity contribution >= 4 is 11.9 Å². The molecular weight excluding hydrogens is 272 g/mol. The van der Waals surface area contributed by atoms with Gasteiger partial charge in [0.05, 0.1) is 0 Å². The third-order valence-corrected chi connectivity index (χ3v) is 2.39. The van der Waals surface area contributed by atoms with E-state index in [0.29, 0.717) is 0 Å². The molecule has 0 aliphatic heterocycles. The minimum absolute atomic E-state index is 0.145. The number of aromatic nitrogens is 2. The average Bonchev–Trinajstić information content (AvgIpc) is 2.85. The van der Waals surface area contributed by atoms with Crippen LogP contribution in [0.2, 0.25) is 0 Å². The van der Waals surface area contributed by atoms with Crippen LogP contribution in [-0.4, -0.2) is 33.3 Å². The van der Waals surface area contributed by atoms with Gasteiger partial charge in [-0.1, -0.05) is 6.07 Å². The van der Waals surface area contributed by atoms with Gasteiger partial charge < -0.3 is 10.4 Å². The van der Waals surface area contributed by atoms with Gasteiger partial charge in [-0.15, -0.1) is 0 Å². The number of carboxylic acids is 1. The number of hydrogen-bond acceptors (Lipinski definition) is 3. The Labute approximate surface area is 111 Å². The summed E-state index contributed by atoms with van der Waals surface area (Å²) in [6.45, 7) is -0.570. The lowest BCUT2D eigenvalue weighted by Gasteiger charge is -2.04. The number of aliphatic carboxylic acids is 1. The molecule has 8 heteroatoms. The van der Waals surface area contributed by atoms with Gasteiger partial charge in [0, 0.05) is 6.20 Å². The number of hydrogen-bond donors (Lipinski definition) is 2. The summed E-state index contributed by atoms with van der Waals surface area (Å²) in [7, 11) is 0. The van der Waals surface area contributed by atoms with Crippen LogP contribution in [0.1, 0.15) is 10.5 Å². The molecule has 1 aromatic heterocycles. The van der Waals surface area contributed by atoms with Gasteiger partial charge in [0.25, 0.3) is 5.91 Å². The fraction of sp³-hybridized carbons (Fsp3) is 0.0833. The second-order valence-corrected chi connectivity index (χ2v) is 3.79. The van der Waals surface area contributed by atoms with Crippen LogP contribution >= 0.6 is 0 Å². The van der Waals surface area contributed by atoms with Crippen LogP contribution in [0.15, 0.2) is 30.5 Å². The van der Waals surface area contributed by atoms with E-state index in [2.05, 4.69) is 10.4 Å². The Balaban J connectivity index is 2.25. The molecule has 1 amide bonds. The number of benzene rings is 1. The molecule has 0 saturated carbocycles. The summed E-state index contributed by atoms with van der Waals surface area (Å²) in [6, 6.07) is 4.55. The normalized spacial score (nSPS) is 10.3. The summed E-state index contributed by atoms with van der Waals surface area (Å²) in [5.74, 6) is -3.61. The Bertz CT molecular complexity index is 649. The molecule has 0 saturated heterocycles. The number of nitrogens with zero attached hydrogens (tertiary/aromatic N) is 2. The van der Waals surface area contributed by atoms with Crippen LogP contribution in [0.3, 0.4) is 0 Å². The predicted molar refractivity (Wildman–Crippen MR) is 63.4 cm³/mol. The van der Waals surface area contributed by atoms with Crippen molar-refractivity contribution in [2.75, 3.05) is 6.54 Å². The van der Waals surface area contributed by atoms with Gasteiger partial charge in [-0.3, -0.25) is 9.59 Å². The molecule has 0 fully saturated rings. The lowest BCUT2D eigenvalue weighted by molar-refractivity contribution is -0.135. The van der Waals surface area contributed by atoms with Crippen molar-refractivity contribution in [2.24, 2.45) is 0 Å². The molecular formula is C12H9F2N3O3. The Kier molecular flexibility index (Phi) is 3.74. The Morgan fingerprint density at radius 1 is 1.25 bits per heavy atom. The first-order chi connectivity index (χ1) is 9.49. The average molecular weight is 281 g/mol. The van der Waals surface area contributed by atoms with Crippen LogP contribution in [0.5, 0.6) is 0 Å². The zero-order valence-electron chi connectivity index (χ0n) is 10.0. The first kappa shape index (κ1) is 13.7. The number of nitrogens with one attached hydrogen (secondary N) is 1. The fourth-order valence-electron chi connectivity index (χ4n) is 1.52. The highest BCUT2D eigenvalue weighted by atomic mass is 19.1. The Hall–Kier alpha value is -2.77. The van der Waals surface area contributed by atoms with E-state index >= 15 is 0 Å². The molecule has 104 valence electrons. The SMILES string of the molecule is O=C(O)CNC(=O)c1ccn(-c2c(F)cccc2F)n1. The molecule has 0 aliphatic carbocycles. The van der Waals surface area contributed by atoms with Crippen molar-refractivity contribution in [2.45, 2.75) is 0 Å². The highest BCUT2D eigenvalue weighted by Crippen LogP contribution is 2.16. The summed E-state index contributed by atoms with van der Waals surface area (Å²) in [4.78, 5) is 21.8. The van der Waals surface area contributed by atoms with Gasteiger partial charge >= 0.3 is 5.97 Å². The molecule has 2 aromatic rings. The monoisotopic (exact) mass is 281 g/mol. The first-order valence-electron chi connectivity index (χ1n) is 5.49. The van der Waals surface area contributed by atoms with Crippen molar-refractivity contribution < 1.29 is 23.5 Å². The third kappa shape index (κ3) is 2.79. The summed E-state index contributed by atoms with van der Waals surface area (Å²) in [5, 5.41) is 14.2. The summed E-state index contributed by atoms with van der Waals surface area (Å²) < 4.78 is 27.9. The van der Waals surface area contributed by atoms with E-state index in [1.165, 1.54) is 18.3 Å². The van der Waals surface area contributed by atoms with Crippen LogP contribution in [0, 0.1) is 11.6 Å². The van der Waals surface area contributed by atoms with E-state index < -0.39 is 35.7 Å². The maximum absolute atomic E-state index is 13.5. The van der Waals surface area contributed by atoms with Crippen molar-refractivity contribution in [3.8, 4) is 5.69 Å². The van der Waals surface area contributed by atoms with Gasteiger partial charge in [0.2, 0.25) is 0 Å². The predicted octanol–water partition coefficient (Wildman–Crippen LogP) is 0.965. The molecule has 0 atom stereocenters. The third-order valence-electron chi connectivity index (χ3n) is 2.39. The van der Waals surface area contributed by atoms with E-state index in [1.54, 1.807) is 0 Å². The summed E-state index contributed by atoms with van der Waals surface area (Å²) in [5.41, 5.74) is -0.557. The molecule has 0 unspecified atom stereocenters. The zero-order valence-corrected chi connectivity index (χ0v) is 10.0. The number of carbonyl (C=O) groups excluding carboxylic acids is 1. The molecule has 2 N–H and O–H groups in total. The van der Waals surface area contributed by atoms with Crippen LogP contribution in [-0.2, 0) is 4.79 Å². The molecule has 0 bridgehead atoms. The largest absolute Gasteiger partial charge is 0.480 e. The molecule has 6 nitrogen and oxygen atoms in total. The highest BCUT2D eigenvalue weighted by molar-refractivity contribution is 5.93. The van der Waals surface area contributed by atoms with Gasteiger partial charge in [-0.25, -0.2) is 13.5 Å². The van der Waals surface area contributed by atoms with E-state index in [0.717, 1.165) is 16.8 Å². The minimum atomic E-state index is -1.21. The van der Waals surface area contributed by atoms with Crippen molar-refractivity contribution in [1.29, 1.82) is 0 Å². The highest BCUT2D eigenvalue weighted by Gasteiger charge is 2.15. The number of carbonyl (C=O) groups is 2. The summed E-state index contributed by atoms with van der Waals surface area (Å²) in [6.07, 6.45) is 1.21. The van der Waals surface area contributed by atoms with E-state index in [1.807, 2.05) is 0 Å². The lowest BCUT2D eigenvalue weighted by atomic mass is 10.3. The minimum Gasteiger partial charge on any atom is -0.480 e. The van der Waals surface area contributed by atoms with Crippen LogP contribution in [0.25, 0.3) is 5.69 Å². The van der Waals surface area contributed by atoms with Gasteiger partial charge in [-0.2, -0.15) is 5.10 Å². The molecule has 0 radical (unpaired) electrons. The van der Waals surface area contributed by atoms with E-state index in [4.69, 9.17) is 5.11 Å². The van der Waals surface area contributed by atoms with Crippen molar-refractivity contribution in [3.63, 3.8) is 0 Å². The Morgan fingerprint density at radius 3 is 2.50 bits per heavy atom. The molecule has 20 heavy (non-hydrogen) atoms. The quantitative estimate of drug-likeness (QED) is 0.874. The molecule has 1 aromatic carbocycles. The van der Waals surface area contributed by atoms with Gasteiger partial charge in [0.1, 0.15) is 12.2 Å². The number of para-hydroxylation sites is 1. The number of halogens is 2. The standard InChI is InChI=1S/C12H9F2N3O3/c13-7-2-1-3-8(14)11(7)17-5-4-9(16-17)12(20)15-6-10(18)19/h1-5H,6H2,(H,15,20)(H,18,19). The second kappa shape index (κ2) is 5.47. The van der Waals surface area contributed by atoms with Gasteiger partial charge in [0.15, 0.2) is 17.3 Å². The smallest absolute Gasteiger partial charge is 0.322 e. The molecule has 0 spiro atoms. The van der Waals surface area contributed by atoms with Crippen molar-refractivity contribution in [1.82, 2.24) is 15.1 Å². The first-order valence-corrected chi connectivity index (χ1v) is 5.49. The molecule has 2 rings (SSSR count). The number of amides is 1. The topological polar surface area (TPSA) is 84.2 Å². The molecule has 0 aliphatic rings. The maximum atomic E-state index is 13.5. The van der Waals surface area contributed by atoms with Gasteiger partial charge in [-0.05, 0) is 18.2 Å². The zero-order chi connectivity index (χ0) is 14.7. The Morgan fingerprint density at radius 2 is 1.90 bits per heavy atom. The lowest BCUT2D eigenvalue weighted by Crippen LogP contribution is -2.29. The second-order valence-electron chi connectivity index (χ2n) is 3.79. The summed E-state index contributed by atoms with van der Waals surface area (Å²) >= 11 is 0. The van der Waals surface area contributed by atoms with E-state index in [9.17, 15) is 18.4 Å². The molecule has 1 heterocycles. The van der Waals surface area contributed by atoms with Crippen LogP contribution < -0.4 is 5.32 Å². The maximum Gasteiger partial charge on any atom is 0.322 e. The van der Waals surface area contributed by atoms with Crippen molar-refractivity contribution in [3.05, 3.63) is 47.8 Å². The number of carboxylic acid groups (broad SMARTS) is 1. The van der Waals surface area contributed by atoms with E-state index in [-0.39, 0.29) is 5.69 Å². The fourth-order valence-corrected chi connectivity index (χ4v) is 1.52. The number of rotatable bonds is 4.